The predicted molar refractivity (Wildman–Crippen MR) is 81.7 cm³/mol. The summed E-state index contributed by atoms with van der Waals surface area (Å²) in [6.45, 7) is 10.9. The van der Waals surface area contributed by atoms with Crippen LogP contribution in [0.25, 0.3) is 0 Å². The van der Waals surface area contributed by atoms with Crippen molar-refractivity contribution < 1.29 is 9.90 Å². The number of hydrogen-bond donors (Lipinski definition) is 3. The van der Waals surface area contributed by atoms with Crippen LogP contribution in [0.15, 0.2) is 0 Å². The van der Waals surface area contributed by atoms with Crippen molar-refractivity contribution in [3.05, 3.63) is 0 Å². The molecular weight excluding hydrogens is 254 g/mol. The van der Waals surface area contributed by atoms with Gasteiger partial charge in [-0.25, -0.2) is 4.79 Å². The van der Waals surface area contributed by atoms with E-state index in [0.717, 1.165) is 45.4 Å². The predicted octanol–water partition coefficient (Wildman–Crippen LogP) is 1.42. The second kappa shape index (κ2) is 9.19. The van der Waals surface area contributed by atoms with Crippen molar-refractivity contribution >= 4 is 6.03 Å². The number of carbonyl (C=O) groups excluding carboxylic acids is 1. The number of likely N-dealkylation sites (tertiary alicyclic amines) is 1. The molecule has 0 aromatic carbocycles. The van der Waals surface area contributed by atoms with E-state index in [1.165, 1.54) is 0 Å². The van der Waals surface area contributed by atoms with E-state index in [-0.39, 0.29) is 6.03 Å². The first-order chi connectivity index (χ1) is 9.51. The number of aliphatic hydroxyl groups excluding tert-OH is 1. The molecular formula is C15H31N3O2. The van der Waals surface area contributed by atoms with Crippen LogP contribution in [0, 0.1) is 11.8 Å². The summed E-state index contributed by atoms with van der Waals surface area (Å²) in [4.78, 5) is 14.1. The van der Waals surface area contributed by atoms with Crippen LogP contribution >= 0.6 is 0 Å². The Bertz CT molecular complexity index is 284. The Balaban J connectivity index is 2.10. The highest BCUT2D eigenvalue weighted by Crippen LogP contribution is 2.16. The fourth-order valence-electron chi connectivity index (χ4n) is 2.71. The van der Waals surface area contributed by atoms with Crippen molar-refractivity contribution in [2.75, 3.05) is 32.7 Å². The summed E-state index contributed by atoms with van der Waals surface area (Å²) in [5.41, 5.74) is 0. The van der Waals surface area contributed by atoms with Crippen molar-refractivity contribution in [3.8, 4) is 0 Å². The van der Waals surface area contributed by atoms with Crippen molar-refractivity contribution in [1.82, 2.24) is 15.5 Å². The van der Waals surface area contributed by atoms with Crippen molar-refractivity contribution in [2.24, 2.45) is 11.8 Å². The van der Waals surface area contributed by atoms with Gasteiger partial charge in [-0.3, -0.25) is 0 Å². The molecule has 1 fully saturated rings. The van der Waals surface area contributed by atoms with Crippen molar-refractivity contribution in [1.29, 1.82) is 0 Å². The monoisotopic (exact) mass is 285 g/mol. The van der Waals surface area contributed by atoms with Gasteiger partial charge in [0, 0.05) is 26.2 Å². The molecule has 1 heterocycles. The van der Waals surface area contributed by atoms with Gasteiger partial charge in [0.05, 0.1) is 6.10 Å². The summed E-state index contributed by atoms with van der Waals surface area (Å²) in [5.74, 6) is 1.25. The zero-order valence-corrected chi connectivity index (χ0v) is 13.2. The molecule has 0 saturated carbocycles. The van der Waals surface area contributed by atoms with E-state index in [1.807, 2.05) is 6.92 Å². The minimum Gasteiger partial charge on any atom is -0.391 e. The van der Waals surface area contributed by atoms with Gasteiger partial charge in [0.25, 0.3) is 0 Å². The van der Waals surface area contributed by atoms with E-state index in [0.29, 0.717) is 18.4 Å². The molecule has 1 aliphatic heterocycles. The molecule has 0 aromatic rings. The summed E-state index contributed by atoms with van der Waals surface area (Å²) >= 11 is 0. The summed E-state index contributed by atoms with van der Waals surface area (Å²) in [6.07, 6.45) is 2.38. The minimum atomic E-state index is -0.432. The first-order valence-electron chi connectivity index (χ1n) is 7.93. The third-order valence-electron chi connectivity index (χ3n) is 3.66. The van der Waals surface area contributed by atoms with Gasteiger partial charge < -0.3 is 20.6 Å². The molecule has 2 unspecified atom stereocenters. The van der Waals surface area contributed by atoms with Gasteiger partial charge in [0.15, 0.2) is 0 Å². The number of nitrogens with zero attached hydrogens (tertiary/aromatic N) is 1. The van der Waals surface area contributed by atoms with Gasteiger partial charge in [-0.15, -0.1) is 0 Å². The molecule has 2 amide bonds. The second-order valence-corrected chi connectivity index (χ2v) is 6.34. The highest BCUT2D eigenvalue weighted by molar-refractivity contribution is 5.73. The number of hydrogen-bond acceptors (Lipinski definition) is 3. The molecule has 0 radical (unpaired) electrons. The smallest absolute Gasteiger partial charge is 0.314 e. The molecule has 2 atom stereocenters. The van der Waals surface area contributed by atoms with E-state index in [2.05, 4.69) is 29.4 Å². The lowest BCUT2D eigenvalue weighted by molar-refractivity contribution is 0.160. The molecule has 0 spiro atoms. The highest BCUT2D eigenvalue weighted by atomic mass is 16.3. The molecule has 5 heteroatoms. The normalized spacial score (nSPS) is 21.1. The number of amides is 2. The first-order valence-corrected chi connectivity index (χ1v) is 7.93. The maximum absolute atomic E-state index is 11.6. The molecule has 1 aliphatic rings. The molecule has 20 heavy (non-hydrogen) atoms. The Morgan fingerprint density at radius 1 is 1.40 bits per heavy atom. The average Bonchev–Trinajstić information content (AvgIpc) is 2.81. The van der Waals surface area contributed by atoms with Gasteiger partial charge in [-0.1, -0.05) is 27.2 Å². The summed E-state index contributed by atoms with van der Waals surface area (Å²) in [6, 6.07) is -0.164. The molecule has 118 valence electrons. The average molecular weight is 285 g/mol. The lowest BCUT2D eigenvalue weighted by Crippen LogP contribution is -2.42. The van der Waals surface area contributed by atoms with Gasteiger partial charge in [-0.2, -0.15) is 0 Å². The van der Waals surface area contributed by atoms with Crippen LogP contribution in [0.4, 0.5) is 4.79 Å². The number of aliphatic hydroxyl groups is 1. The minimum absolute atomic E-state index is 0.164. The maximum Gasteiger partial charge on any atom is 0.314 e. The van der Waals surface area contributed by atoms with Crippen LogP contribution in [0.2, 0.25) is 0 Å². The molecule has 0 aromatic heterocycles. The quantitative estimate of drug-likeness (QED) is 0.632. The fraction of sp³-hybridized carbons (Fsp3) is 0.933. The summed E-state index contributed by atoms with van der Waals surface area (Å²) < 4.78 is 0. The number of carbonyl (C=O) groups is 1. The second-order valence-electron chi connectivity index (χ2n) is 6.34. The standard InChI is InChI=1S/C15H31N3O2/c1-4-5-14(19)9-17-15(20)16-8-13-6-7-18(11-13)10-12(2)3/h12-14,19H,4-11H2,1-3H3,(H2,16,17,20). The summed E-state index contributed by atoms with van der Waals surface area (Å²) in [5, 5.41) is 15.2. The molecule has 3 N–H and O–H groups in total. The van der Waals surface area contributed by atoms with Gasteiger partial charge in [-0.05, 0) is 31.2 Å². The molecule has 1 saturated heterocycles. The topological polar surface area (TPSA) is 64.6 Å². The van der Waals surface area contributed by atoms with Gasteiger partial charge in [0.1, 0.15) is 0 Å². The Kier molecular flexibility index (Phi) is 7.92. The van der Waals surface area contributed by atoms with Crippen LogP contribution in [-0.4, -0.2) is 54.9 Å². The Morgan fingerprint density at radius 2 is 2.15 bits per heavy atom. The largest absolute Gasteiger partial charge is 0.391 e. The number of rotatable bonds is 8. The zero-order valence-electron chi connectivity index (χ0n) is 13.2. The van der Waals surface area contributed by atoms with Gasteiger partial charge >= 0.3 is 6.03 Å². The third-order valence-corrected chi connectivity index (χ3v) is 3.66. The van der Waals surface area contributed by atoms with Crippen LogP contribution in [0.5, 0.6) is 0 Å². The van der Waals surface area contributed by atoms with Gasteiger partial charge in [0.2, 0.25) is 0 Å². The Labute approximate surface area is 123 Å². The molecule has 0 aliphatic carbocycles. The highest BCUT2D eigenvalue weighted by Gasteiger charge is 2.23. The van der Waals surface area contributed by atoms with E-state index in [9.17, 15) is 9.90 Å². The van der Waals surface area contributed by atoms with Crippen LogP contribution in [0.3, 0.4) is 0 Å². The van der Waals surface area contributed by atoms with Crippen LogP contribution in [-0.2, 0) is 0 Å². The Morgan fingerprint density at radius 3 is 2.80 bits per heavy atom. The third kappa shape index (κ3) is 7.10. The van der Waals surface area contributed by atoms with Crippen molar-refractivity contribution in [3.63, 3.8) is 0 Å². The number of nitrogens with one attached hydrogen (secondary N) is 2. The first kappa shape index (κ1) is 17.2. The maximum atomic E-state index is 11.6. The summed E-state index contributed by atoms with van der Waals surface area (Å²) in [7, 11) is 0. The molecule has 5 nitrogen and oxygen atoms in total. The van der Waals surface area contributed by atoms with E-state index >= 15 is 0 Å². The Hall–Kier alpha value is -0.810. The van der Waals surface area contributed by atoms with E-state index in [4.69, 9.17) is 0 Å². The molecule has 0 bridgehead atoms. The van der Waals surface area contributed by atoms with Crippen LogP contribution in [0.1, 0.15) is 40.0 Å². The SMILES string of the molecule is CCCC(O)CNC(=O)NCC1CCN(CC(C)C)C1. The zero-order chi connectivity index (χ0) is 15.0. The number of urea groups is 1. The van der Waals surface area contributed by atoms with Crippen LogP contribution < -0.4 is 10.6 Å². The van der Waals surface area contributed by atoms with E-state index < -0.39 is 6.10 Å². The fourth-order valence-corrected chi connectivity index (χ4v) is 2.71. The lowest BCUT2D eigenvalue weighted by Gasteiger charge is -2.18. The molecule has 1 rings (SSSR count). The van der Waals surface area contributed by atoms with Crippen molar-refractivity contribution in [2.45, 2.75) is 46.1 Å². The van der Waals surface area contributed by atoms with E-state index in [1.54, 1.807) is 0 Å². The lowest BCUT2D eigenvalue weighted by atomic mass is 10.1.